The van der Waals surface area contributed by atoms with Crippen molar-refractivity contribution in [2.24, 2.45) is 11.8 Å². The van der Waals surface area contributed by atoms with E-state index in [4.69, 9.17) is 0 Å². The van der Waals surface area contributed by atoms with E-state index in [1.807, 2.05) is 30.3 Å². The summed E-state index contributed by atoms with van der Waals surface area (Å²) >= 11 is 0. The lowest BCUT2D eigenvalue weighted by Crippen LogP contribution is -2.22. The molecule has 1 aromatic carbocycles. The van der Waals surface area contributed by atoms with Gasteiger partial charge in [-0.1, -0.05) is 43.7 Å². The summed E-state index contributed by atoms with van der Waals surface area (Å²) in [6, 6.07) is 9.51. The topological polar surface area (TPSA) is 37.3 Å². The van der Waals surface area contributed by atoms with Gasteiger partial charge < -0.3 is 5.11 Å². The van der Waals surface area contributed by atoms with Crippen molar-refractivity contribution in [1.29, 1.82) is 0 Å². The predicted molar refractivity (Wildman–Crippen MR) is 62.9 cm³/mol. The SMILES string of the molecule is CC[C@@H]1CCC(=O)[C@H]1C(O)c1ccccc1. The van der Waals surface area contributed by atoms with Gasteiger partial charge in [0.15, 0.2) is 0 Å². The van der Waals surface area contributed by atoms with Gasteiger partial charge in [-0.2, -0.15) is 0 Å². The van der Waals surface area contributed by atoms with E-state index in [9.17, 15) is 9.90 Å². The molecule has 1 aliphatic carbocycles. The van der Waals surface area contributed by atoms with Crippen molar-refractivity contribution in [3.05, 3.63) is 35.9 Å². The Hall–Kier alpha value is -1.15. The van der Waals surface area contributed by atoms with E-state index < -0.39 is 6.10 Å². The Kier molecular flexibility index (Phi) is 3.39. The molecule has 0 bridgehead atoms. The quantitative estimate of drug-likeness (QED) is 0.847. The molecule has 0 radical (unpaired) electrons. The Morgan fingerprint density at radius 3 is 2.69 bits per heavy atom. The molecule has 0 aromatic heterocycles. The van der Waals surface area contributed by atoms with Crippen LogP contribution in [0.2, 0.25) is 0 Å². The highest BCUT2D eigenvalue weighted by atomic mass is 16.3. The van der Waals surface area contributed by atoms with E-state index >= 15 is 0 Å². The van der Waals surface area contributed by atoms with Gasteiger partial charge in [-0.15, -0.1) is 0 Å². The molecule has 1 aromatic rings. The van der Waals surface area contributed by atoms with Crippen LogP contribution in [0.4, 0.5) is 0 Å². The molecule has 1 fully saturated rings. The molecule has 0 spiro atoms. The number of carbonyl (C=O) groups excluding carboxylic acids is 1. The zero-order valence-corrected chi connectivity index (χ0v) is 9.60. The summed E-state index contributed by atoms with van der Waals surface area (Å²) < 4.78 is 0. The number of rotatable bonds is 3. The molecule has 1 saturated carbocycles. The molecule has 86 valence electrons. The number of Topliss-reactive ketones (excluding diaryl/α,β-unsaturated/α-hetero) is 1. The average molecular weight is 218 g/mol. The van der Waals surface area contributed by atoms with Gasteiger partial charge in [-0.05, 0) is 17.9 Å². The number of hydrogen-bond donors (Lipinski definition) is 1. The van der Waals surface area contributed by atoms with Crippen LogP contribution < -0.4 is 0 Å². The molecule has 16 heavy (non-hydrogen) atoms. The Labute approximate surface area is 96.3 Å². The van der Waals surface area contributed by atoms with Crippen LogP contribution in [0.25, 0.3) is 0 Å². The van der Waals surface area contributed by atoms with Crippen LogP contribution in [0.3, 0.4) is 0 Å². The second-order valence-corrected chi connectivity index (χ2v) is 4.55. The zero-order valence-electron chi connectivity index (χ0n) is 9.60. The lowest BCUT2D eigenvalue weighted by molar-refractivity contribution is -0.124. The molecule has 2 rings (SSSR count). The van der Waals surface area contributed by atoms with E-state index in [-0.39, 0.29) is 11.7 Å². The summed E-state index contributed by atoms with van der Waals surface area (Å²) in [5, 5.41) is 10.3. The first-order valence-corrected chi connectivity index (χ1v) is 5.99. The van der Waals surface area contributed by atoms with Crippen LogP contribution in [-0.4, -0.2) is 10.9 Å². The summed E-state index contributed by atoms with van der Waals surface area (Å²) in [4.78, 5) is 11.8. The number of aliphatic hydroxyl groups is 1. The van der Waals surface area contributed by atoms with Crippen molar-refractivity contribution in [3.63, 3.8) is 0 Å². The Morgan fingerprint density at radius 1 is 1.38 bits per heavy atom. The summed E-state index contributed by atoms with van der Waals surface area (Å²) in [7, 11) is 0. The average Bonchev–Trinajstić information content (AvgIpc) is 2.70. The normalized spacial score (nSPS) is 27.0. The predicted octanol–water partition coefficient (Wildman–Crippen LogP) is 2.73. The van der Waals surface area contributed by atoms with Crippen LogP contribution in [0, 0.1) is 11.8 Å². The first kappa shape index (κ1) is 11.3. The minimum Gasteiger partial charge on any atom is -0.388 e. The van der Waals surface area contributed by atoms with Crippen molar-refractivity contribution < 1.29 is 9.90 Å². The molecular formula is C14H18O2. The summed E-state index contributed by atoms with van der Waals surface area (Å²) in [5.74, 6) is 0.387. The number of aliphatic hydroxyl groups excluding tert-OH is 1. The number of hydrogen-bond acceptors (Lipinski definition) is 2. The number of benzene rings is 1. The smallest absolute Gasteiger partial charge is 0.139 e. The maximum Gasteiger partial charge on any atom is 0.139 e. The number of ketones is 1. The first-order chi connectivity index (χ1) is 7.74. The Morgan fingerprint density at radius 2 is 2.06 bits per heavy atom. The third kappa shape index (κ3) is 2.03. The lowest BCUT2D eigenvalue weighted by Gasteiger charge is -2.22. The second-order valence-electron chi connectivity index (χ2n) is 4.55. The second kappa shape index (κ2) is 4.79. The molecular weight excluding hydrogens is 200 g/mol. The highest BCUT2D eigenvalue weighted by molar-refractivity contribution is 5.84. The minimum atomic E-state index is -0.624. The summed E-state index contributed by atoms with van der Waals surface area (Å²) in [6.07, 6.45) is 1.92. The zero-order chi connectivity index (χ0) is 11.5. The van der Waals surface area contributed by atoms with E-state index in [0.29, 0.717) is 12.3 Å². The third-order valence-electron chi connectivity index (χ3n) is 3.65. The van der Waals surface area contributed by atoms with Crippen molar-refractivity contribution in [3.8, 4) is 0 Å². The number of carbonyl (C=O) groups is 1. The van der Waals surface area contributed by atoms with Gasteiger partial charge in [0.25, 0.3) is 0 Å². The van der Waals surface area contributed by atoms with Crippen molar-refractivity contribution in [2.45, 2.75) is 32.3 Å². The summed E-state index contributed by atoms with van der Waals surface area (Å²) in [6.45, 7) is 2.09. The third-order valence-corrected chi connectivity index (χ3v) is 3.65. The molecule has 0 heterocycles. The van der Waals surface area contributed by atoms with Crippen LogP contribution in [0.5, 0.6) is 0 Å². The van der Waals surface area contributed by atoms with Crippen molar-refractivity contribution in [1.82, 2.24) is 0 Å². The Balaban J connectivity index is 2.20. The molecule has 0 aliphatic heterocycles. The van der Waals surface area contributed by atoms with E-state index in [2.05, 4.69) is 6.92 Å². The van der Waals surface area contributed by atoms with Crippen molar-refractivity contribution in [2.75, 3.05) is 0 Å². The fourth-order valence-corrected chi connectivity index (χ4v) is 2.69. The van der Waals surface area contributed by atoms with Crippen LogP contribution in [0.15, 0.2) is 30.3 Å². The van der Waals surface area contributed by atoms with Crippen LogP contribution in [-0.2, 0) is 4.79 Å². The maximum atomic E-state index is 11.8. The van der Waals surface area contributed by atoms with Gasteiger partial charge in [0, 0.05) is 6.42 Å². The van der Waals surface area contributed by atoms with Gasteiger partial charge in [-0.25, -0.2) is 0 Å². The summed E-state index contributed by atoms with van der Waals surface area (Å²) in [5.41, 5.74) is 0.862. The molecule has 0 saturated heterocycles. The standard InChI is InChI=1S/C14H18O2/c1-2-10-8-9-12(15)13(10)14(16)11-6-4-3-5-7-11/h3-7,10,13-14,16H,2,8-9H2,1H3/t10-,13+,14?/m1/s1. The fraction of sp³-hybridized carbons (Fsp3) is 0.500. The van der Waals surface area contributed by atoms with Gasteiger partial charge in [0.05, 0.1) is 12.0 Å². The molecule has 2 nitrogen and oxygen atoms in total. The van der Waals surface area contributed by atoms with Crippen LogP contribution in [0.1, 0.15) is 37.9 Å². The van der Waals surface area contributed by atoms with E-state index in [1.165, 1.54) is 0 Å². The van der Waals surface area contributed by atoms with E-state index in [1.54, 1.807) is 0 Å². The molecule has 0 amide bonds. The highest BCUT2D eigenvalue weighted by Gasteiger charge is 2.38. The molecule has 2 heteroatoms. The van der Waals surface area contributed by atoms with Crippen molar-refractivity contribution >= 4 is 5.78 Å². The van der Waals surface area contributed by atoms with E-state index in [0.717, 1.165) is 18.4 Å². The largest absolute Gasteiger partial charge is 0.388 e. The van der Waals surface area contributed by atoms with Crippen LogP contribution >= 0.6 is 0 Å². The lowest BCUT2D eigenvalue weighted by atomic mass is 9.85. The van der Waals surface area contributed by atoms with Gasteiger partial charge >= 0.3 is 0 Å². The maximum absolute atomic E-state index is 11.8. The highest BCUT2D eigenvalue weighted by Crippen LogP contribution is 2.39. The van der Waals surface area contributed by atoms with Gasteiger partial charge in [-0.3, -0.25) is 4.79 Å². The fourth-order valence-electron chi connectivity index (χ4n) is 2.69. The Bertz CT molecular complexity index is 358. The monoisotopic (exact) mass is 218 g/mol. The molecule has 1 N–H and O–H groups in total. The first-order valence-electron chi connectivity index (χ1n) is 5.99. The molecule has 1 aliphatic rings. The molecule has 3 atom stereocenters. The van der Waals surface area contributed by atoms with Gasteiger partial charge in [0.1, 0.15) is 5.78 Å². The van der Waals surface area contributed by atoms with Gasteiger partial charge in [0.2, 0.25) is 0 Å². The molecule has 1 unspecified atom stereocenters. The minimum absolute atomic E-state index is 0.188.